The summed E-state index contributed by atoms with van der Waals surface area (Å²) >= 11 is 1.50. The van der Waals surface area contributed by atoms with E-state index in [-0.39, 0.29) is 5.54 Å². The van der Waals surface area contributed by atoms with Crippen molar-refractivity contribution in [2.75, 3.05) is 37.6 Å². The smallest absolute Gasteiger partial charge is 0.191 e. The summed E-state index contributed by atoms with van der Waals surface area (Å²) in [5, 5.41) is 4.13. The SMILES string of the molecule is CSc1nc(NN)cc(NCC2(N(C)C)CCC2)n1. The molecule has 1 aliphatic carbocycles. The molecule has 0 amide bonds. The molecule has 1 saturated carbocycles. The van der Waals surface area contributed by atoms with Gasteiger partial charge in [-0.3, -0.25) is 0 Å². The molecule has 6 nitrogen and oxygen atoms in total. The van der Waals surface area contributed by atoms with E-state index in [9.17, 15) is 0 Å². The van der Waals surface area contributed by atoms with E-state index < -0.39 is 0 Å². The number of rotatable bonds is 6. The fourth-order valence-corrected chi connectivity index (χ4v) is 2.68. The van der Waals surface area contributed by atoms with Crippen LogP contribution in [0.1, 0.15) is 19.3 Å². The molecule has 1 aromatic rings. The monoisotopic (exact) mass is 282 g/mol. The summed E-state index contributed by atoms with van der Waals surface area (Å²) in [6.45, 7) is 0.898. The van der Waals surface area contributed by atoms with Gasteiger partial charge in [0.15, 0.2) is 5.16 Å². The second kappa shape index (κ2) is 5.94. The van der Waals surface area contributed by atoms with Gasteiger partial charge in [0.05, 0.1) is 0 Å². The van der Waals surface area contributed by atoms with E-state index in [0.29, 0.717) is 11.0 Å². The minimum absolute atomic E-state index is 0.265. The number of hydrogen-bond donors (Lipinski definition) is 3. The van der Waals surface area contributed by atoms with Crippen molar-refractivity contribution in [3.05, 3.63) is 6.07 Å². The molecular formula is C12H22N6S. The second-order valence-electron chi connectivity index (χ2n) is 5.10. The summed E-state index contributed by atoms with van der Waals surface area (Å²) in [6.07, 6.45) is 5.72. The number of nitrogens with two attached hydrogens (primary N) is 1. The average Bonchev–Trinajstić information content (AvgIpc) is 2.36. The van der Waals surface area contributed by atoms with E-state index in [0.717, 1.165) is 12.4 Å². The van der Waals surface area contributed by atoms with Crippen molar-refractivity contribution in [3.8, 4) is 0 Å². The zero-order valence-electron chi connectivity index (χ0n) is 11.7. The predicted octanol–water partition coefficient (Wildman–Crippen LogP) is 1.38. The highest BCUT2D eigenvalue weighted by molar-refractivity contribution is 7.98. The summed E-state index contributed by atoms with van der Waals surface area (Å²) in [7, 11) is 4.28. The highest BCUT2D eigenvalue weighted by Gasteiger charge is 2.38. The van der Waals surface area contributed by atoms with Crippen molar-refractivity contribution in [1.82, 2.24) is 14.9 Å². The van der Waals surface area contributed by atoms with Gasteiger partial charge < -0.3 is 15.6 Å². The van der Waals surface area contributed by atoms with Gasteiger partial charge in [-0.2, -0.15) is 0 Å². The first-order valence-electron chi connectivity index (χ1n) is 6.41. The third kappa shape index (κ3) is 3.10. The zero-order chi connectivity index (χ0) is 13.9. The van der Waals surface area contributed by atoms with Crippen LogP contribution in [-0.2, 0) is 0 Å². The molecule has 0 radical (unpaired) electrons. The number of aromatic nitrogens is 2. The van der Waals surface area contributed by atoms with Crippen LogP contribution in [0.5, 0.6) is 0 Å². The van der Waals surface area contributed by atoms with E-state index in [1.807, 2.05) is 12.3 Å². The lowest BCUT2D eigenvalue weighted by atomic mass is 9.75. The maximum atomic E-state index is 5.42. The van der Waals surface area contributed by atoms with E-state index in [2.05, 4.69) is 39.7 Å². The van der Waals surface area contributed by atoms with Crippen LogP contribution >= 0.6 is 11.8 Å². The van der Waals surface area contributed by atoms with Crippen LogP contribution in [0.15, 0.2) is 11.2 Å². The zero-order valence-corrected chi connectivity index (χ0v) is 12.5. The Morgan fingerprint density at radius 3 is 2.53 bits per heavy atom. The Hall–Kier alpha value is -1.05. The van der Waals surface area contributed by atoms with Crippen LogP contribution in [0.2, 0.25) is 0 Å². The Balaban J connectivity index is 2.06. The Morgan fingerprint density at radius 1 is 1.37 bits per heavy atom. The van der Waals surface area contributed by atoms with E-state index in [1.165, 1.54) is 31.0 Å². The van der Waals surface area contributed by atoms with Crippen LogP contribution in [-0.4, -0.2) is 47.3 Å². The molecule has 0 aliphatic heterocycles. The van der Waals surface area contributed by atoms with Gasteiger partial charge in [0, 0.05) is 18.2 Å². The maximum absolute atomic E-state index is 5.42. The van der Waals surface area contributed by atoms with Crippen molar-refractivity contribution in [2.24, 2.45) is 5.84 Å². The first-order chi connectivity index (χ1) is 9.09. The fraction of sp³-hybridized carbons (Fsp3) is 0.667. The molecule has 0 spiro atoms. The third-order valence-electron chi connectivity index (χ3n) is 3.87. The summed E-state index contributed by atoms with van der Waals surface area (Å²) < 4.78 is 0. The van der Waals surface area contributed by atoms with Crippen molar-refractivity contribution < 1.29 is 0 Å². The van der Waals surface area contributed by atoms with Gasteiger partial charge in [-0.1, -0.05) is 11.8 Å². The normalized spacial score (nSPS) is 17.1. The molecule has 1 heterocycles. The molecule has 106 valence electrons. The highest BCUT2D eigenvalue weighted by Crippen LogP contribution is 2.36. The highest BCUT2D eigenvalue weighted by atomic mass is 32.2. The predicted molar refractivity (Wildman–Crippen MR) is 80.4 cm³/mol. The van der Waals surface area contributed by atoms with Crippen LogP contribution in [0.4, 0.5) is 11.6 Å². The summed E-state index contributed by atoms with van der Waals surface area (Å²) in [5.41, 5.74) is 2.84. The van der Waals surface area contributed by atoms with Crippen molar-refractivity contribution >= 4 is 23.4 Å². The first-order valence-corrected chi connectivity index (χ1v) is 7.63. The molecule has 0 unspecified atom stereocenters. The number of hydrazine groups is 1. The minimum atomic E-state index is 0.265. The molecule has 0 aromatic carbocycles. The number of nitrogens with zero attached hydrogens (tertiary/aromatic N) is 3. The number of nitrogen functional groups attached to an aromatic ring is 1. The second-order valence-corrected chi connectivity index (χ2v) is 5.87. The van der Waals surface area contributed by atoms with E-state index in [4.69, 9.17) is 5.84 Å². The van der Waals surface area contributed by atoms with Crippen molar-refractivity contribution in [1.29, 1.82) is 0 Å². The topological polar surface area (TPSA) is 79.1 Å². The maximum Gasteiger partial charge on any atom is 0.191 e. The number of likely N-dealkylation sites (N-methyl/N-ethyl adjacent to an activating group) is 1. The lowest BCUT2D eigenvalue weighted by molar-refractivity contribution is 0.0738. The molecule has 19 heavy (non-hydrogen) atoms. The number of hydrogen-bond acceptors (Lipinski definition) is 7. The Labute approximate surface area is 118 Å². The first kappa shape index (κ1) is 14.4. The summed E-state index contributed by atoms with van der Waals surface area (Å²) in [4.78, 5) is 11.0. The molecule has 2 rings (SSSR count). The number of anilines is 2. The van der Waals surface area contributed by atoms with Gasteiger partial charge in [-0.15, -0.1) is 0 Å². The quantitative estimate of drug-likeness (QED) is 0.315. The average molecular weight is 282 g/mol. The molecule has 1 fully saturated rings. The Morgan fingerprint density at radius 2 is 2.05 bits per heavy atom. The molecule has 7 heteroatoms. The number of thioether (sulfide) groups is 1. The number of nitrogens with one attached hydrogen (secondary N) is 2. The largest absolute Gasteiger partial charge is 0.368 e. The van der Waals surface area contributed by atoms with E-state index >= 15 is 0 Å². The molecule has 1 aromatic heterocycles. The van der Waals surface area contributed by atoms with Gasteiger partial charge in [0.1, 0.15) is 11.6 Å². The Kier molecular flexibility index (Phi) is 4.49. The van der Waals surface area contributed by atoms with Crippen LogP contribution in [0, 0.1) is 0 Å². The van der Waals surface area contributed by atoms with E-state index in [1.54, 1.807) is 0 Å². The molecule has 0 atom stereocenters. The van der Waals surface area contributed by atoms with Gasteiger partial charge in [0.2, 0.25) is 0 Å². The fourth-order valence-electron chi connectivity index (χ4n) is 2.30. The van der Waals surface area contributed by atoms with Crippen LogP contribution < -0.4 is 16.6 Å². The van der Waals surface area contributed by atoms with Gasteiger partial charge >= 0.3 is 0 Å². The molecule has 0 bridgehead atoms. The molecular weight excluding hydrogens is 260 g/mol. The van der Waals surface area contributed by atoms with Crippen molar-refractivity contribution in [2.45, 2.75) is 30.0 Å². The van der Waals surface area contributed by atoms with Gasteiger partial charge in [-0.25, -0.2) is 15.8 Å². The van der Waals surface area contributed by atoms with Gasteiger partial charge in [-0.05, 0) is 39.6 Å². The van der Waals surface area contributed by atoms with Gasteiger partial charge in [0.25, 0.3) is 0 Å². The standard InChI is InChI=1S/C12H22N6S/c1-18(2)12(5-4-6-12)8-14-9-7-10(17-13)16-11(15-9)19-3/h7H,4-6,8,13H2,1-3H3,(H2,14,15,16,17). The van der Waals surface area contributed by atoms with Crippen molar-refractivity contribution in [3.63, 3.8) is 0 Å². The molecule has 4 N–H and O–H groups in total. The van der Waals surface area contributed by atoms with Crippen LogP contribution in [0.3, 0.4) is 0 Å². The lowest BCUT2D eigenvalue weighted by Gasteiger charge is -2.47. The minimum Gasteiger partial charge on any atom is -0.368 e. The molecule has 1 aliphatic rings. The third-order valence-corrected chi connectivity index (χ3v) is 4.42. The summed E-state index contributed by atoms with van der Waals surface area (Å²) in [6, 6.07) is 1.84. The molecule has 0 saturated heterocycles. The Bertz CT molecular complexity index is 410. The van der Waals surface area contributed by atoms with Crippen LogP contribution in [0.25, 0.3) is 0 Å². The lowest BCUT2D eigenvalue weighted by Crippen LogP contribution is -2.54. The summed E-state index contributed by atoms with van der Waals surface area (Å²) in [5.74, 6) is 6.88.